The number of nitrogens with one attached hydrogen (secondary N) is 1. The molecule has 1 atom stereocenters. The Balaban J connectivity index is 1.91. The van der Waals surface area contributed by atoms with E-state index in [9.17, 15) is 4.79 Å². The molecule has 0 aliphatic carbocycles. The highest BCUT2D eigenvalue weighted by Crippen LogP contribution is 2.22. The van der Waals surface area contributed by atoms with Gasteiger partial charge in [0.05, 0.1) is 0 Å². The molecule has 0 aliphatic heterocycles. The number of thioether (sulfide) groups is 1. The van der Waals surface area contributed by atoms with Gasteiger partial charge in [0.25, 0.3) is 5.91 Å². The van der Waals surface area contributed by atoms with Crippen molar-refractivity contribution in [3.05, 3.63) is 65.7 Å². The van der Waals surface area contributed by atoms with Gasteiger partial charge < -0.3 is 5.32 Å². The van der Waals surface area contributed by atoms with Crippen LogP contribution in [0.25, 0.3) is 0 Å². The van der Waals surface area contributed by atoms with Gasteiger partial charge in [-0.15, -0.1) is 11.8 Å². The van der Waals surface area contributed by atoms with Gasteiger partial charge in [-0.3, -0.25) is 4.79 Å². The minimum atomic E-state index is 0.00321. The Kier molecular flexibility index (Phi) is 6.08. The molecular weight excluding hydrogens is 290 g/mol. The van der Waals surface area contributed by atoms with Gasteiger partial charge >= 0.3 is 0 Å². The largest absolute Gasteiger partial charge is 0.349 e. The molecule has 3 heteroatoms. The first kappa shape index (κ1) is 16.6. The minimum absolute atomic E-state index is 0.00321. The van der Waals surface area contributed by atoms with Crippen molar-refractivity contribution in [3.8, 4) is 0 Å². The molecule has 2 aromatic carbocycles. The molecule has 0 heterocycles. The highest BCUT2D eigenvalue weighted by atomic mass is 32.2. The number of carbonyl (C=O) groups is 1. The molecule has 0 spiro atoms. The molecule has 2 aromatic rings. The first-order valence-electron chi connectivity index (χ1n) is 7.64. The second-order valence-corrected chi connectivity index (χ2v) is 6.85. The highest BCUT2D eigenvalue weighted by molar-refractivity contribution is 7.98. The van der Waals surface area contributed by atoms with E-state index in [4.69, 9.17) is 0 Å². The molecule has 0 unspecified atom stereocenters. The average molecular weight is 313 g/mol. The first-order chi connectivity index (χ1) is 10.6. The van der Waals surface area contributed by atoms with E-state index in [0.29, 0.717) is 5.92 Å². The monoisotopic (exact) mass is 313 g/mol. The van der Waals surface area contributed by atoms with Crippen molar-refractivity contribution >= 4 is 17.7 Å². The highest BCUT2D eigenvalue weighted by Gasteiger charge is 2.12. The quantitative estimate of drug-likeness (QED) is 0.780. The topological polar surface area (TPSA) is 29.1 Å². The van der Waals surface area contributed by atoms with Crippen molar-refractivity contribution in [1.29, 1.82) is 0 Å². The summed E-state index contributed by atoms with van der Waals surface area (Å²) in [4.78, 5) is 13.4. The van der Waals surface area contributed by atoms with Crippen LogP contribution in [0.5, 0.6) is 0 Å². The van der Waals surface area contributed by atoms with Crippen molar-refractivity contribution < 1.29 is 4.79 Å². The molecular formula is C19H23NOS. The summed E-state index contributed by atoms with van der Waals surface area (Å²) >= 11 is 1.80. The van der Waals surface area contributed by atoms with Gasteiger partial charge in [0, 0.05) is 22.3 Å². The molecule has 0 bridgehead atoms. The molecule has 0 saturated carbocycles. The summed E-state index contributed by atoms with van der Waals surface area (Å²) in [5.41, 5.74) is 1.95. The lowest BCUT2D eigenvalue weighted by Crippen LogP contribution is -2.36. The molecule has 0 radical (unpaired) electrons. The molecule has 0 aliphatic rings. The number of rotatable bonds is 6. The Bertz CT molecular complexity index is 593. The van der Waals surface area contributed by atoms with Crippen molar-refractivity contribution in [3.63, 3.8) is 0 Å². The number of hydrogen-bond acceptors (Lipinski definition) is 2. The van der Waals surface area contributed by atoms with Crippen LogP contribution < -0.4 is 5.32 Å². The van der Waals surface area contributed by atoms with Crippen molar-refractivity contribution in [2.75, 3.05) is 0 Å². The maximum Gasteiger partial charge on any atom is 0.251 e. The summed E-state index contributed by atoms with van der Waals surface area (Å²) in [5.74, 6) is 1.35. The fourth-order valence-corrected chi connectivity index (χ4v) is 2.77. The Hall–Kier alpha value is -1.74. The van der Waals surface area contributed by atoms with E-state index >= 15 is 0 Å². The van der Waals surface area contributed by atoms with Crippen molar-refractivity contribution in [2.24, 2.45) is 5.92 Å². The van der Waals surface area contributed by atoms with Crippen LogP contribution in [0, 0.1) is 5.92 Å². The van der Waals surface area contributed by atoms with Crippen LogP contribution >= 0.6 is 11.8 Å². The third-order valence-corrected chi connectivity index (χ3v) is 4.81. The van der Waals surface area contributed by atoms with E-state index in [1.54, 1.807) is 11.8 Å². The Morgan fingerprint density at radius 3 is 2.23 bits per heavy atom. The van der Waals surface area contributed by atoms with E-state index in [0.717, 1.165) is 11.3 Å². The third kappa shape index (κ3) is 4.92. The maximum atomic E-state index is 12.1. The number of carbonyl (C=O) groups excluding carboxylic acids is 1. The summed E-state index contributed by atoms with van der Waals surface area (Å²) in [7, 11) is 0. The van der Waals surface area contributed by atoms with Crippen molar-refractivity contribution in [2.45, 2.75) is 37.5 Å². The third-order valence-electron chi connectivity index (χ3n) is 3.72. The zero-order chi connectivity index (χ0) is 15.9. The molecule has 2 nitrogen and oxygen atoms in total. The van der Waals surface area contributed by atoms with E-state index in [2.05, 4.69) is 31.3 Å². The summed E-state index contributed by atoms with van der Waals surface area (Å²) in [6.07, 6.45) is 0. The maximum absolute atomic E-state index is 12.1. The molecule has 1 amide bonds. The summed E-state index contributed by atoms with van der Waals surface area (Å²) in [6, 6.07) is 18.4. The van der Waals surface area contributed by atoms with E-state index in [-0.39, 0.29) is 11.9 Å². The zero-order valence-electron chi connectivity index (χ0n) is 13.4. The fraction of sp³-hybridized carbons (Fsp3) is 0.316. The lowest BCUT2D eigenvalue weighted by molar-refractivity contribution is 0.0930. The molecule has 0 saturated heterocycles. The van der Waals surface area contributed by atoms with Crippen LogP contribution in [0.2, 0.25) is 0 Å². The van der Waals surface area contributed by atoms with Crippen LogP contribution in [0.3, 0.4) is 0 Å². The van der Waals surface area contributed by atoms with Gasteiger partial charge in [-0.1, -0.05) is 44.2 Å². The van der Waals surface area contributed by atoms with Crippen LogP contribution in [0.15, 0.2) is 59.5 Å². The van der Waals surface area contributed by atoms with Crippen LogP contribution in [0.4, 0.5) is 0 Å². The molecule has 0 aromatic heterocycles. The number of benzene rings is 2. The smallest absolute Gasteiger partial charge is 0.251 e. The van der Waals surface area contributed by atoms with Gasteiger partial charge in [0.2, 0.25) is 0 Å². The van der Waals surface area contributed by atoms with E-state index in [1.165, 1.54) is 10.5 Å². The second kappa shape index (κ2) is 8.04. The first-order valence-corrected chi connectivity index (χ1v) is 8.62. The summed E-state index contributed by atoms with van der Waals surface area (Å²) in [6.45, 7) is 6.25. The van der Waals surface area contributed by atoms with Crippen LogP contribution in [-0.2, 0) is 5.75 Å². The Morgan fingerprint density at radius 2 is 1.64 bits per heavy atom. The standard InChI is InChI=1S/C19H23NOS/c1-14(2)15(3)20-19(21)17-11-9-16(10-12-17)13-22-18-7-5-4-6-8-18/h4-12,14-15H,13H2,1-3H3,(H,20,21)/t15-/m0/s1. The number of amides is 1. The predicted octanol–water partition coefficient (Wildman–Crippen LogP) is 4.75. The van der Waals surface area contributed by atoms with Gasteiger partial charge in [-0.05, 0) is 42.7 Å². The predicted molar refractivity (Wildman–Crippen MR) is 94.2 cm³/mol. The van der Waals surface area contributed by atoms with E-state index < -0.39 is 0 Å². The second-order valence-electron chi connectivity index (χ2n) is 5.80. The zero-order valence-corrected chi connectivity index (χ0v) is 14.2. The Morgan fingerprint density at radius 1 is 1.00 bits per heavy atom. The van der Waals surface area contributed by atoms with E-state index in [1.807, 2.05) is 49.4 Å². The fourth-order valence-electron chi connectivity index (χ4n) is 1.89. The van der Waals surface area contributed by atoms with Crippen LogP contribution in [0.1, 0.15) is 36.7 Å². The average Bonchev–Trinajstić information content (AvgIpc) is 2.54. The molecule has 22 heavy (non-hydrogen) atoms. The Labute approximate surface area is 137 Å². The lowest BCUT2D eigenvalue weighted by Gasteiger charge is -2.17. The summed E-state index contributed by atoms with van der Waals surface area (Å²) < 4.78 is 0. The van der Waals surface area contributed by atoms with Gasteiger partial charge in [-0.25, -0.2) is 0 Å². The molecule has 0 fully saturated rings. The van der Waals surface area contributed by atoms with Gasteiger partial charge in [-0.2, -0.15) is 0 Å². The van der Waals surface area contributed by atoms with Crippen molar-refractivity contribution in [1.82, 2.24) is 5.32 Å². The number of hydrogen-bond donors (Lipinski definition) is 1. The molecule has 2 rings (SSSR count). The molecule has 1 N–H and O–H groups in total. The lowest BCUT2D eigenvalue weighted by atomic mass is 10.1. The van der Waals surface area contributed by atoms with Gasteiger partial charge in [0.1, 0.15) is 0 Å². The SMILES string of the molecule is CC(C)[C@H](C)NC(=O)c1ccc(CSc2ccccc2)cc1. The summed E-state index contributed by atoms with van der Waals surface area (Å²) in [5, 5.41) is 3.03. The normalized spacial score (nSPS) is 12.2. The molecule has 116 valence electrons. The van der Waals surface area contributed by atoms with Gasteiger partial charge in [0.15, 0.2) is 0 Å². The van der Waals surface area contributed by atoms with Crippen LogP contribution in [-0.4, -0.2) is 11.9 Å². The minimum Gasteiger partial charge on any atom is -0.349 e.